The van der Waals surface area contributed by atoms with Gasteiger partial charge in [-0.1, -0.05) is 6.08 Å². The zero-order valence-corrected chi connectivity index (χ0v) is 9.42. The second kappa shape index (κ2) is 3.95. The number of hydrogen-bond acceptors (Lipinski definition) is 2. The Hall–Kier alpha value is -0.700. The van der Waals surface area contributed by atoms with Crippen molar-refractivity contribution in [2.75, 3.05) is 0 Å². The van der Waals surface area contributed by atoms with Crippen LogP contribution in [-0.2, 0) is 4.79 Å². The molecule has 2 aliphatic carbocycles. The number of carbonyl (C=O) groups excluding carboxylic acids is 1. The molecule has 0 bridgehead atoms. The number of piperidine rings is 1. The van der Waals surface area contributed by atoms with Gasteiger partial charge in [0.15, 0.2) is 0 Å². The average molecular weight is 223 g/mol. The van der Waals surface area contributed by atoms with Gasteiger partial charge in [-0.3, -0.25) is 4.79 Å². The van der Waals surface area contributed by atoms with Crippen LogP contribution in [0.3, 0.4) is 0 Å². The van der Waals surface area contributed by atoms with E-state index in [1.54, 1.807) is 6.08 Å². The third kappa shape index (κ3) is 1.93. The SMILES string of the molecule is O=C(CC1CCCC=C1F)[C@@H]1C[C@H]2C[C@H]2N1. The smallest absolute Gasteiger partial charge is 0.150 e. The molecule has 1 heterocycles. The van der Waals surface area contributed by atoms with E-state index < -0.39 is 0 Å². The van der Waals surface area contributed by atoms with Crippen LogP contribution in [0.25, 0.3) is 0 Å². The number of nitrogens with one attached hydrogen (secondary N) is 1. The lowest BCUT2D eigenvalue weighted by molar-refractivity contribution is -0.121. The molecule has 16 heavy (non-hydrogen) atoms. The molecule has 0 aromatic carbocycles. The van der Waals surface area contributed by atoms with Crippen molar-refractivity contribution in [3.8, 4) is 0 Å². The molecule has 0 amide bonds. The molecule has 3 heteroatoms. The molecule has 1 saturated heterocycles. The average Bonchev–Trinajstić information content (AvgIpc) is 2.89. The highest BCUT2D eigenvalue weighted by atomic mass is 19.1. The van der Waals surface area contributed by atoms with Crippen molar-refractivity contribution in [2.24, 2.45) is 11.8 Å². The molecule has 0 aromatic rings. The monoisotopic (exact) mass is 223 g/mol. The lowest BCUT2D eigenvalue weighted by Gasteiger charge is -2.20. The minimum absolute atomic E-state index is 0.0264. The summed E-state index contributed by atoms with van der Waals surface area (Å²) < 4.78 is 13.5. The predicted octanol–water partition coefficient (Wildman–Crippen LogP) is 2.35. The molecule has 4 atom stereocenters. The van der Waals surface area contributed by atoms with Gasteiger partial charge in [-0.25, -0.2) is 4.39 Å². The highest BCUT2D eigenvalue weighted by Crippen LogP contribution is 2.41. The summed E-state index contributed by atoms with van der Waals surface area (Å²) in [6, 6.07) is 0.624. The molecule has 2 nitrogen and oxygen atoms in total. The number of carbonyl (C=O) groups is 1. The van der Waals surface area contributed by atoms with E-state index in [1.165, 1.54) is 6.42 Å². The van der Waals surface area contributed by atoms with Gasteiger partial charge in [0.2, 0.25) is 0 Å². The Bertz CT molecular complexity index is 329. The summed E-state index contributed by atoms with van der Waals surface area (Å²) >= 11 is 0. The first-order valence-electron chi connectivity index (χ1n) is 6.38. The Balaban J connectivity index is 1.55. The second-order valence-electron chi connectivity index (χ2n) is 5.44. The van der Waals surface area contributed by atoms with Crippen molar-refractivity contribution in [2.45, 2.75) is 50.6 Å². The fraction of sp³-hybridized carbons (Fsp3) is 0.769. The van der Waals surface area contributed by atoms with Crippen molar-refractivity contribution in [3.05, 3.63) is 11.9 Å². The first-order chi connectivity index (χ1) is 7.74. The van der Waals surface area contributed by atoms with E-state index in [-0.39, 0.29) is 23.6 Å². The van der Waals surface area contributed by atoms with E-state index in [4.69, 9.17) is 0 Å². The topological polar surface area (TPSA) is 29.1 Å². The van der Waals surface area contributed by atoms with Crippen LogP contribution < -0.4 is 5.32 Å². The quantitative estimate of drug-likeness (QED) is 0.795. The predicted molar refractivity (Wildman–Crippen MR) is 59.6 cm³/mol. The molecule has 1 unspecified atom stereocenters. The maximum Gasteiger partial charge on any atom is 0.150 e. The number of fused-ring (bicyclic) bond motifs is 1. The normalized spacial score (nSPS) is 41.4. The van der Waals surface area contributed by atoms with Crippen molar-refractivity contribution in [1.29, 1.82) is 0 Å². The third-order valence-electron chi connectivity index (χ3n) is 4.20. The first kappa shape index (κ1) is 10.5. The summed E-state index contributed by atoms with van der Waals surface area (Å²) in [4.78, 5) is 12.0. The van der Waals surface area contributed by atoms with Crippen LogP contribution in [0.5, 0.6) is 0 Å². The third-order valence-corrected chi connectivity index (χ3v) is 4.20. The van der Waals surface area contributed by atoms with Gasteiger partial charge in [0.25, 0.3) is 0 Å². The summed E-state index contributed by atoms with van der Waals surface area (Å²) in [5.74, 6) is 0.783. The van der Waals surface area contributed by atoms with E-state index in [0.717, 1.165) is 31.6 Å². The van der Waals surface area contributed by atoms with Gasteiger partial charge < -0.3 is 5.32 Å². The van der Waals surface area contributed by atoms with Crippen LogP contribution in [-0.4, -0.2) is 17.9 Å². The standard InChI is InChI=1S/C13H18FNO/c14-10-4-2-1-3-8(10)7-13(16)12-6-9-5-11(9)15-12/h4,8-9,11-12,15H,1-3,5-7H2/t8?,9-,11-,12+/m1/s1. The van der Waals surface area contributed by atoms with Gasteiger partial charge in [0, 0.05) is 18.4 Å². The number of hydrogen-bond donors (Lipinski definition) is 1. The van der Waals surface area contributed by atoms with Gasteiger partial charge in [0.1, 0.15) is 5.78 Å². The van der Waals surface area contributed by atoms with Crippen LogP contribution in [0, 0.1) is 11.8 Å². The summed E-state index contributed by atoms with van der Waals surface area (Å²) in [7, 11) is 0. The fourth-order valence-electron chi connectivity index (χ4n) is 3.06. The van der Waals surface area contributed by atoms with E-state index in [0.29, 0.717) is 12.5 Å². The maximum absolute atomic E-state index is 13.5. The van der Waals surface area contributed by atoms with Gasteiger partial charge in [-0.2, -0.15) is 0 Å². The minimum Gasteiger partial charge on any atom is -0.304 e. The van der Waals surface area contributed by atoms with Crippen molar-refractivity contribution >= 4 is 5.78 Å². The van der Waals surface area contributed by atoms with E-state index in [1.807, 2.05) is 0 Å². The van der Waals surface area contributed by atoms with Gasteiger partial charge in [-0.15, -0.1) is 0 Å². The maximum atomic E-state index is 13.5. The van der Waals surface area contributed by atoms with E-state index in [2.05, 4.69) is 5.32 Å². The molecule has 3 aliphatic rings. The molecule has 1 N–H and O–H groups in total. The van der Waals surface area contributed by atoms with Crippen LogP contribution >= 0.6 is 0 Å². The van der Waals surface area contributed by atoms with Crippen molar-refractivity contribution in [3.63, 3.8) is 0 Å². The van der Waals surface area contributed by atoms with Gasteiger partial charge >= 0.3 is 0 Å². The number of halogens is 1. The summed E-state index contributed by atoms with van der Waals surface area (Å²) in [6.45, 7) is 0. The Morgan fingerprint density at radius 3 is 3.06 bits per heavy atom. The van der Waals surface area contributed by atoms with Crippen LogP contribution in [0.1, 0.15) is 38.5 Å². The zero-order valence-electron chi connectivity index (χ0n) is 9.42. The molecule has 0 radical (unpaired) electrons. The summed E-state index contributed by atoms with van der Waals surface area (Å²) in [5.41, 5.74) is 0. The molecular weight excluding hydrogens is 205 g/mol. The zero-order chi connectivity index (χ0) is 11.1. The molecule has 2 fully saturated rings. The molecule has 1 saturated carbocycles. The van der Waals surface area contributed by atoms with Crippen LogP contribution in [0.2, 0.25) is 0 Å². The van der Waals surface area contributed by atoms with Crippen LogP contribution in [0.4, 0.5) is 4.39 Å². The van der Waals surface area contributed by atoms with Crippen LogP contribution in [0.15, 0.2) is 11.9 Å². The van der Waals surface area contributed by atoms with Gasteiger partial charge in [-0.05, 0) is 38.0 Å². The van der Waals surface area contributed by atoms with E-state index in [9.17, 15) is 9.18 Å². The minimum atomic E-state index is -0.125. The number of allylic oxidation sites excluding steroid dienone is 2. The summed E-state index contributed by atoms with van der Waals surface area (Å²) in [5, 5.41) is 3.34. The number of Topliss-reactive ketones (excluding diaryl/α,β-unsaturated/α-hetero) is 1. The summed E-state index contributed by atoms with van der Waals surface area (Å²) in [6.07, 6.45) is 6.98. The van der Waals surface area contributed by atoms with Crippen molar-refractivity contribution < 1.29 is 9.18 Å². The van der Waals surface area contributed by atoms with E-state index >= 15 is 0 Å². The Kier molecular flexibility index (Phi) is 2.58. The Morgan fingerprint density at radius 2 is 2.38 bits per heavy atom. The molecule has 0 spiro atoms. The molecular formula is C13H18FNO. The lowest BCUT2D eigenvalue weighted by Crippen LogP contribution is -2.35. The first-order valence-corrected chi connectivity index (χ1v) is 6.38. The highest BCUT2D eigenvalue weighted by Gasteiger charge is 2.47. The fourth-order valence-corrected chi connectivity index (χ4v) is 3.06. The Morgan fingerprint density at radius 1 is 1.50 bits per heavy atom. The molecule has 88 valence electrons. The molecule has 1 aliphatic heterocycles. The van der Waals surface area contributed by atoms with Crippen molar-refractivity contribution in [1.82, 2.24) is 5.32 Å². The number of ketones is 1. The largest absolute Gasteiger partial charge is 0.304 e. The molecule has 0 aromatic heterocycles. The lowest BCUT2D eigenvalue weighted by atomic mass is 9.88. The Labute approximate surface area is 95.3 Å². The molecule has 3 rings (SSSR count). The number of rotatable bonds is 3. The highest BCUT2D eigenvalue weighted by molar-refractivity contribution is 5.85. The van der Waals surface area contributed by atoms with Gasteiger partial charge in [0.05, 0.1) is 11.9 Å². The second-order valence-corrected chi connectivity index (χ2v) is 5.44.